The molecule has 3 atom stereocenters. The lowest BCUT2D eigenvalue weighted by atomic mass is 9.99. The number of rotatable bonds is 4. The lowest BCUT2D eigenvalue weighted by molar-refractivity contribution is -0.147. The second-order valence-electron chi connectivity index (χ2n) is 9.18. The van der Waals surface area contributed by atoms with Gasteiger partial charge in [-0.05, 0) is 24.8 Å². The third-order valence-corrected chi connectivity index (χ3v) is 7.34. The van der Waals surface area contributed by atoms with Gasteiger partial charge in [0.15, 0.2) is 23.3 Å². The average Bonchev–Trinajstić information content (AvgIpc) is 3.38. The minimum atomic E-state index is -1.65. The van der Waals surface area contributed by atoms with Crippen LogP contribution < -0.4 is 16.1 Å². The van der Waals surface area contributed by atoms with Gasteiger partial charge in [-0.1, -0.05) is 11.6 Å². The number of hydrogen-bond acceptors (Lipinski definition) is 7. The summed E-state index contributed by atoms with van der Waals surface area (Å²) in [6.45, 7) is 2.01. The Balaban J connectivity index is 1.72. The Morgan fingerprint density at radius 3 is 2.57 bits per heavy atom. The number of fused-ring (bicyclic) bond motifs is 2. The first-order valence-electron chi connectivity index (χ1n) is 11.3. The van der Waals surface area contributed by atoms with Gasteiger partial charge >= 0.3 is 11.9 Å². The molecule has 2 fully saturated rings. The number of anilines is 2. The summed E-state index contributed by atoms with van der Waals surface area (Å²) in [7, 11) is 0. The Labute approximate surface area is 212 Å². The van der Waals surface area contributed by atoms with E-state index in [9.17, 15) is 28.3 Å². The molecule has 0 bridgehead atoms. The molecular formula is C24H20ClF3N4O5. The van der Waals surface area contributed by atoms with Gasteiger partial charge in [-0.15, -0.1) is 0 Å². The normalized spacial score (nSPS) is 20.9. The molecule has 1 saturated heterocycles. The Kier molecular flexibility index (Phi) is 6.01. The topological polar surface area (TPSA) is 128 Å². The Hall–Kier alpha value is -3.80. The molecule has 2 aromatic heterocycles. The fraction of sp³-hybridized carbons (Fsp3) is 0.333. The van der Waals surface area contributed by atoms with Crippen LogP contribution in [0.3, 0.4) is 0 Å². The van der Waals surface area contributed by atoms with Gasteiger partial charge in [0.05, 0.1) is 21.6 Å². The van der Waals surface area contributed by atoms with Gasteiger partial charge < -0.3 is 20.5 Å². The minimum absolute atomic E-state index is 0.0670. The highest BCUT2D eigenvalue weighted by atomic mass is 35.5. The van der Waals surface area contributed by atoms with E-state index in [1.807, 2.05) is 0 Å². The maximum atomic E-state index is 15.5. The van der Waals surface area contributed by atoms with Gasteiger partial charge in [-0.25, -0.2) is 22.9 Å². The maximum Gasteiger partial charge on any atom is 0.341 e. The summed E-state index contributed by atoms with van der Waals surface area (Å²) >= 11 is 6.66. The predicted octanol–water partition coefficient (Wildman–Crippen LogP) is 3.51. The number of aromatic nitrogens is 2. The van der Waals surface area contributed by atoms with Crippen molar-refractivity contribution in [1.82, 2.24) is 9.55 Å². The molecule has 0 spiro atoms. The monoisotopic (exact) mass is 536 g/mol. The van der Waals surface area contributed by atoms with E-state index in [-0.39, 0.29) is 34.2 Å². The van der Waals surface area contributed by atoms with Crippen molar-refractivity contribution in [3.8, 4) is 5.82 Å². The molecule has 3 N–H and O–H groups in total. The second-order valence-corrected chi connectivity index (χ2v) is 9.56. The second kappa shape index (κ2) is 8.94. The molecule has 0 amide bonds. The number of esters is 1. The van der Waals surface area contributed by atoms with Crippen molar-refractivity contribution < 1.29 is 32.6 Å². The van der Waals surface area contributed by atoms with E-state index in [1.165, 1.54) is 6.92 Å². The third-order valence-electron chi connectivity index (χ3n) is 6.98. The number of carboxylic acids is 1. The number of halogens is 4. The number of carboxylic acid groups (broad SMARTS) is 1. The van der Waals surface area contributed by atoms with Gasteiger partial charge in [-0.2, -0.15) is 0 Å². The molecule has 1 aromatic carbocycles. The van der Waals surface area contributed by atoms with Crippen LogP contribution in [0.4, 0.5) is 24.7 Å². The lowest BCUT2D eigenvalue weighted by Crippen LogP contribution is -2.28. The number of carbonyl (C=O) groups excluding carboxylic acids is 1. The quantitative estimate of drug-likeness (QED) is 0.485. The van der Waals surface area contributed by atoms with E-state index >= 15 is 4.39 Å². The first-order valence-corrected chi connectivity index (χ1v) is 11.7. The summed E-state index contributed by atoms with van der Waals surface area (Å²) in [6, 6.07) is 1.29. The molecule has 0 radical (unpaired) electrons. The number of nitrogens with zero attached hydrogens (tertiary/aromatic N) is 3. The number of pyridine rings is 2. The van der Waals surface area contributed by atoms with Crippen molar-refractivity contribution in [2.24, 2.45) is 11.8 Å². The first-order chi connectivity index (χ1) is 17.5. The van der Waals surface area contributed by atoms with Crippen LogP contribution in [0.5, 0.6) is 0 Å². The van der Waals surface area contributed by atoms with Gasteiger partial charge in [0.2, 0.25) is 5.43 Å². The van der Waals surface area contributed by atoms with Gasteiger partial charge in [0.25, 0.3) is 0 Å². The van der Waals surface area contributed by atoms with Crippen molar-refractivity contribution in [3.63, 3.8) is 0 Å². The van der Waals surface area contributed by atoms with Crippen LogP contribution in [0.15, 0.2) is 23.1 Å². The molecule has 3 aromatic rings. The van der Waals surface area contributed by atoms with E-state index in [1.54, 1.807) is 4.90 Å². The zero-order valence-corrected chi connectivity index (χ0v) is 20.1. The highest BCUT2D eigenvalue weighted by molar-refractivity contribution is 6.38. The predicted molar refractivity (Wildman–Crippen MR) is 128 cm³/mol. The fourth-order valence-corrected chi connectivity index (χ4v) is 5.81. The third kappa shape index (κ3) is 4.05. The van der Waals surface area contributed by atoms with E-state index in [2.05, 4.69) is 4.98 Å². The number of benzene rings is 1. The number of aromatic carboxylic acids is 1. The number of hydrogen-bond donors (Lipinski definition) is 2. The van der Waals surface area contributed by atoms with E-state index in [0.717, 1.165) is 23.3 Å². The Morgan fingerprint density at radius 2 is 1.89 bits per heavy atom. The standard InChI is InChI=1S/C24H20ClF3N4O5/c1-9(33)37-17-3-2-10-6-31(7-12(10)17)20-14(26)4-11-19(18(20)25)32(8-13(21(11)34)24(35)36)23-16(28)5-15(27)22(29)30-23/h4-5,8,10,12,17H,2-3,6-7H2,1H3,(H2,29,30)(H,35,36)/t10-,12?,17+/m0/s1. The molecule has 2 aliphatic rings. The maximum absolute atomic E-state index is 15.5. The summed E-state index contributed by atoms with van der Waals surface area (Å²) in [5.74, 6) is -6.58. The van der Waals surface area contributed by atoms with Crippen LogP contribution in [0.2, 0.25) is 5.02 Å². The van der Waals surface area contributed by atoms with Crippen molar-refractivity contribution in [2.75, 3.05) is 23.7 Å². The van der Waals surface area contributed by atoms with Crippen LogP contribution in [-0.2, 0) is 9.53 Å². The lowest BCUT2D eigenvalue weighted by Gasteiger charge is -2.25. The van der Waals surface area contributed by atoms with Crippen molar-refractivity contribution in [2.45, 2.75) is 25.9 Å². The molecular weight excluding hydrogens is 517 g/mol. The Morgan fingerprint density at radius 1 is 1.16 bits per heavy atom. The van der Waals surface area contributed by atoms with E-state index < -0.39 is 57.4 Å². The number of carbonyl (C=O) groups is 2. The number of nitrogen functional groups attached to an aromatic ring is 1. The molecule has 194 valence electrons. The molecule has 13 heteroatoms. The van der Waals surface area contributed by atoms with E-state index in [4.69, 9.17) is 22.1 Å². The molecule has 1 unspecified atom stereocenters. The molecule has 9 nitrogen and oxygen atoms in total. The van der Waals surface area contributed by atoms with Crippen LogP contribution in [-0.4, -0.2) is 45.8 Å². The van der Waals surface area contributed by atoms with Gasteiger partial charge in [-0.3, -0.25) is 14.2 Å². The SMILES string of the molecule is CC(=O)O[C@@H]1CC[C@H]2CN(c3c(F)cc4c(=O)c(C(=O)O)cn(-c5nc(N)c(F)cc5F)c4c3Cl)CC21. The smallest absolute Gasteiger partial charge is 0.341 e. The summed E-state index contributed by atoms with van der Waals surface area (Å²) in [5, 5.41) is 8.79. The summed E-state index contributed by atoms with van der Waals surface area (Å²) in [6.07, 6.45) is 1.90. The zero-order valence-electron chi connectivity index (χ0n) is 19.3. The van der Waals surface area contributed by atoms with Gasteiger partial charge in [0, 0.05) is 38.2 Å². The zero-order chi connectivity index (χ0) is 26.8. The van der Waals surface area contributed by atoms with Crippen molar-refractivity contribution in [3.05, 3.63) is 56.6 Å². The molecule has 1 saturated carbocycles. The number of nitrogens with two attached hydrogens (primary N) is 1. The van der Waals surface area contributed by atoms with E-state index in [0.29, 0.717) is 25.6 Å². The molecule has 37 heavy (non-hydrogen) atoms. The molecule has 1 aliphatic carbocycles. The minimum Gasteiger partial charge on any atom is -0.477 e. The number of ether oxygens (including phenoxy) is 1. The summed E-state index contributed by atoms with van der Waals surface area (Å²) in [4.78, 5) is 41.5. The van der Waals surface area contributed by atoms with Gasteiger partial charge in [0.1, 0.15) is 17.5 Å². The highest BCUT2D eigenvalue weighted by Crippen LogP contribution is 2.45. The van der Waals surface area contributed by atoms with Crippen molar-refractivity contribution in [1.29, 1.82) is 0 Å². The molecule has 5 rings (SSSR count). The van der Waals surface area contributed by atoms with Crippen LogP contribution >= 0.6 is 11.6 Å². The largest absolute Gasteiger partial charge is 0.477 e. The summed E-state index contributed by atoms with van der Waals surface area (Å²) < 4.78 is 50.4. The van der Waals surface area contributed by atoms with Crippen molar-refractivity contribution >= 4 is 45.9 Å². The Bertz CT molecular complexity index is 1550. The average molecular weight is 537 g/mol. The fourth-order valence-electron chi connectivity index (χ4n) is 5.41. The highest BCUT2D eigenvalue weighted by Gasteiger charge is 2.45. The molecule has 1 aliphatic heterocycles. The molecule has 3 heterocycles. The van der Waals surface area contributed by atoms with Crippen LogP contribution in [0.1, 0.15) is 30.1 Å². The summed E-state index contributed by atoms with van der Waals surface area (Å²) in [5.41, 5.74) is 3.35. The van der Waals surface area contributed by atoms with Crippen LogP contribution in [0, 0.1) is 29.3 Å². The first kappa shape index (κ1) is 24.9. The van der Waals surface area contributed by atoms with Crippen LogP contribution in [0.25, 0.3) is 16.7 Å².